The van der Waals surface area contributed by atoms with Crippen LogP contribution in [0.25, 0.3) is 0 Å². The maximum Gasteiger partial charge on any atom is 0.213 e. The van der Waals surface area contributed by atoms with Crippen molar-refractivity contribution in [1.82, 2.24) is 15.5 Å². The van der Waals surface area contributed by atoms with E-state index in [-0.39, 0.29) is 0 Å². The van der Waals surface area contributed by atoms with Crippen LogP contribution in [0.2, 0.25) is 0 Å². The van der Waals surface area contributed by atoms with Crippen molar-refractivity contribution in [2.45, 2.75) is 26.4 Å². The summed E-state index contributed by atoms with van der Waals surface area (Å²) in [6.07, 6.45) is 1.35. The van der Waals surface area contributed by atoms with Crippen molar-refractivity contribution < 1.29 is 4.52 Å². The van der Waals surface area contributed by atoms with Crippen LogP contribution in [0.3, 0.4) is 0 Å². The van der Waals surface area contributed by atoms with E-state index in [1.54, 1.807) is 11.3 Å². The molecule has 1 atom stereocenters. The highest BCUT2D eigenvalue weighted by Crippen LogP contribution is 2.23. The summed E-state index contributed by atoms with van der Waals surface area (Å²) in [5, 5.41) is 9.21. The minimum atomic E-state index is 0.323. The monoisotopic (exact) mass is 223 g/mol. The van der Waals surface area contributed by atoms with Gasteiger partial charge in [0.05, 0.1) is 6.54 Å². The van der Waals surface area contributed by atoms with Gasteiger partial charge in [-0.05, 0) is 30.9 Å². The largest absolute Gasteiger partial charge is 0.343 e. The van der Waals surface area contributed by atoms with Crippen molar-refractivity contribution in [2.24, 2.45) is 0 Å². The number of hydrogen-bond acceptors (Lipinski definition) is 5. The van der Waals surface area contributed by atoms with Crippen molar-refractivity contribution in [1.29, 1.82) is 0 Å². The van der Waals surface area contributed by atoms with Gasteiger partial charge in [-0.1, -0.05) is 5.16 Å². The summed E-state index contributed by atoms with van der Waals surface area (Å²) in [5.74, 6) is 0.691. The Labute approximate surface area is 92.3 Å². The highest BCUT2D eigenvalue weighted by atomic mass is 32.1. The van der Waals surface area contributed by atoms with Crippen LogP contribution in [0.5, 0.6) is 0 Å². The molecule has 0 bridgehead atoms. The normalized spacial score (nSPS) is 12.9. The highest BCUT2D eigenvalue weighted by Gasteiger charge is 2.09. The molecule has 0 spiro atoms. The molecule has 2 aromatic rings. The quantitative estimate of drug-likeness (QED) is 0.864. The van der Waals surface area contributed by atoms with E-state index in [0.717, 1.165) is 0 Å². The molecule has 80 valence electrons. The summed E-state index contributed by atoms with van der Waals surface area (Å²) in [7, 11) is 0. The van der Waals surface area contributed by atoms with Crippen LogP contribution in [-0.2, 0) is 6.54 Å². The molecule has 0 saturated heterocycles. The van der Waals surface area contributed by atoms with Crippen LogP contribution in [-0.4, -0.2) is 10.1 Å². The standard InChI is InChI=1S/C10H13N3OS/c1-7-3-4-15-10(7)8(2)11-5-9-12-6-14-13-9/h3-4,6,8,11H,5H2,1-2H3. The number of hydrogen-bond donors (Lipinski definition) is 1. The zero-order valence-corrected chi connectivity index (χ0v) is 9.54. The molecule has 2 aromatic heterocycles. The molecule has 2 rings (SSSR count). The van der Waals surface area contributed by atoms with Gasteiger partial charge in [0.2, 0.25) is 6.39 Å². The van der Waals surface area contributed by atoms with Crippen LogP contribution < -0.4 is 5.32 Å². The molecule has 1 N–H and O–H groups in total. The van der Waals surface area contributed by atoms with Gasteiger partial charge >= 0.3 is 0 Å². The Kier molecular flexibility index (Phi) is 3.13. The van der Waals surface area contributed by atoms with Gasteiger partial charge in [0.1, 0.15) is 0 Å². The molecule has 0 amide bonds. The zero-order chi connectivity index (χ0) is 10.7. The van der Waals surface area contributed by atoms with Gasteiger partial charge in [0, 0.05) is 10.9 Å². The number of rotatable bonds is 4. The zero-order valence-electron chi connectivity index (χ0n) is 8.73. The Bertz CT molecular complexity index is 410. The lowest BCUT2D eigenvalue weighted by Crippen LogP contribution is -2.18. The van der Waals surface area contributed by atoms with E-state index < -0.39 is 0 Å². The van der Waals surface area contributed by atoms with Crippen molar-refractivity contribution in [3.63, 3.8) is 0 Å². The number of aromatic nitrogens is 2. The third-order valence-corrected chi connectivity index (χ3v) is 3.47. The molecule has 0 fully saturated rings. The SMILES string of the molecule is Cc1ccsc1C(C)NCc1ncon1. The van der Waals surface area contributed by atoms with Crippen molar-refractivity contribution in [3.05, 3.63) is 34.1 Å². The summed E-state index contributed by atoms with van der Waals surface area (Å²) >= 11 is 1.77. The fourth-order valence-corrected chi connectivity index (χ4v) is 2.40. The van der Waals surface area contributed by atoms with Gasteiger partial charge in [0.25, 0.3) is 0 Å². The second-order valence-corrected chi connectivity index (χ2v) is 4.37. The molecular weight excluding hydrogens is 210 g/mol. The molecular formula is C10H13N3OS. The van der Waals surface area contributed by atoms with Crippen molar-refractivity contribution >= 4 is 11.3 Å². The lowest BCUT2D eigenvalue weighted by Gasteiger charge is -2.11. The smallest absolute Gasteiger partial charge is 0.213 e. The van der Waals surface area contributed by atoms with E-state index in [4.69, 9.17) is 0 Å². The van der Waals surface area contributed by atoms with E-state index in [2.05, 4.69) is 45.3 Å². The number of aryl methyl sites for hydroxylation is 1. The third-order valence-electron chi connectivity index (χ3n) is 2.27. The van der Waals surface area contributed by atoms with Gasteiger partial charge in [-0.25, -0.2) is 0 Å². The van der Waals surface area contributed by atoms with E-state index >= 15 is 0 Å². The summed E-state index contributed by atoms with van der Waals surface area (Å²) in [5.41, 5.74) is 1.33. The molecule has 4 nitrogen and oxygen atoms in total. The highest BCUT2D eigenvalue weighted by molar-refractivity contribution is 7.10. The average Bonchev–Trinajstić information content (AvgIpc) is 2.84. The summed E-state index contributed by atoms with van der Waals surface area (Å²) in [4.78, 5) is 5.31. The van der Waals surface area contributed by atoms with Crippen LogP contribution in [0.4, 0.5) is 0 Å². The van der Waals surface area contributed by atoms with Crippen LogP contribution in [0.1, 0.15) is 29.2 Å². The van der Waals surface area contributed by atoms with E-state index in [1.165, 1.54) is 16.8 Å². The maximum atomic E-state index is 4.66. The first-order valence-corrected chi connectivity index (χ1v) is 5.68. The van der Waals surface area contributed by atoms with Crippen molar-refractivity contribution in [2.75, 3.05) is 0 Å². The summed E-state index contributed by atoms with van der Waals surface area (Å²) < 4.78 is 4.66. The molecule has 0 aliphatic rings. The third kappa shape index (κ3) is 2.43. The Hall–Kier alpha value is -1.20. The second kappa shape index (κ2) is 4.55. The van der Waals surface area contributed by atoms with Crippen LogP contribution in [0.15, 0.2) is 22.4 Å². The minimum Gasteiger partial charge on any atom is -0.343 e. The Morgan fingerprint density at radius 1 is 1.60 bits per heavy atom. The minimum absolute atomic E-state index is 0.323. The molecule has 5 heteroatoms. The fourth-order valence-electron chi connectivity index (χ4n) is 1.44. The molecule has 1 unspecified atom stereocenters. The average molecular weight is 223 g/mol. The maximum absolute atomic E-state index is 4.66. The van der Waals surface area contributed by atoms with Gasteiger partial charge in [-0.15, -0.1) is 11.3 Å². The Morgan fingerprint density at radius 3 is 3.07 bits per heavy atom. The molecule has 0 aromatic carbocycles. The van der Waals surface area contributed by atoms with Crippen LogP contribution in [0, 0.1) is 6.92 Å². The summed E-state index contributed by atoms with van der Waals surface area (Å²) in [6, 6.07) is 2.45. The molecule has 0 aliphatic heterocycles. The predicted octanol–water partition coefficient (Wildman–Crippen LogP) is 2.29. The van der Waals surface area contributed by atoms with E-state index in [9.17, 15) is 0 Å². The van der Waals surface area contributed by atoms with Gasteiger partial charge < -0.3 is 9.84 Å². The van der Waals surface area contributed by atoms with Crippen LogP contribution >= 0.6 is 11.3 Å². The second-order valence-electron chi connectivity index (χ2n) is 3.42. The van der Waals surface area contributed by atoms with E-state index in [0.29, 0.717) is 18.4 Å². The molecule has 0 aliphatic carbocycles. The first kappa shape index (κ1) is 10.3. The topological polar surface area (TPSA) is 51.0 Å². The fraction of sp³-hybridized carbons (Fsp3) is 0.400. The van der Waals surface area contributed by atoms with Crippen molar-refractivity contribution in [3.8, 4) is 0 Å². The predicted molar refractivity (Wildman–Crippen MR) is 58.6 cm³/mol. The summed E-state index contributed by atoms with van der Waals surface area (Å²) in [6.45, 7) is 4.90. The lowest BCUT2D eigenvalue weighted by molar-refractivity contribution is 0.405. The van der Waals surface area contributed by atoms with Gasteiger partial charge in [-0.3, -0.25) is 0 Å². The van der Waals surface area contributed by atoms with E-state index in [1.807, 2.05) is 0 Å². The first-order chi connectivity index (χ1) is 7.27. The molecule has 0 saturated carbocycles. The Morgan fingerprint density at radius 2 is 2.47 bits per heavy atom. The first-order valence-electron chi connectivity index (χ1n) is 4.80. The van der Waals surface area contributed by atoms with Gasteiger partial charge in [0.15, 0.2) is 5.82 Å². The molecule has 15 heavy (non-hydrogen) atoms. The number of nitrogens with one attached hydrogen (secondary N) is 1. The molecule has 2 heterocycles. The van der Waals surface area contributed by atoms with Gasteiger partial charge in [-0.2, -0.15) is 4.98 Å². The Balaban J connectivity index is 1.93. The number of nitrogens with zero attached hydrogens (tertiary/aromatic N) is 2. The number of thiophene rings is 1. The lowest BCUT2D eigenvalue weighted by atomic mass is 10.2. The molecule has 0 radical (unpaired) electrons.